The van der Waals surface area contributed by atoms with E-state index in [0.717, 1.165) is 0 Å². The van der Waals surface area contributed by atoms with Crippen LogP contribution >= 0.6 is 0 Å². The van der Waals surface area contributed by atoms with Gasteiger partial charge in [0, 0.05) is 23.9 Å². The van der Waals surface area contributed by atoms with Crippen LogP contribution < -0.4 is 14.9 Å². The van der Waals surface area contributed by atoms with Crippen LogP contribution in [0.15, 0.2) is 53.6 Å². The van der Waals surface area contributed by atoms with Crippen molar-refractivity contribution in [1.82, 2.24) is 5.43 Å². The van der Waals surface area contributed by atoms with Crippen LogP contribution in [0.1, 0.15) is 15.9 Å². The fourth-order valence-electron chi connectivity index (χ4n) is 2.28. The molecule has 0 atom stereocenters. The zero-order valence-corrected chi connectivity index (χ0v) is 13.6. The lowest BCUT2D eigenvalue weighted by Crippen LogP contribution is -2.19. The van der Waals surface area contributed by atoms with Crippen LogP contribution in [0.3, 0.4) is 0 Å². The number of ether oxygens (including phenoxy) is 2. The molecular formula is C18H15N3O5. The summed E-state index contributed by atoms with van der Waals surface area (Å²) in [7, 11) is 0. The van der Waals surface area contributed by atoms with E-state index in [-0.39, 0.29) is 11.6 Å². The van der Waals surface area contributed by atoms with Gasteiger partial charge in [-0.25, -0.2) is 5.43 Å². The average Bonchev–Trinajstić information content (AvgIpc) is 2.67. The van der Waals surface area contributed by atoms with Gasteiger partial charge >= 0.3 is 0 Å². The number of non-ortho nitro benzene ring substituents is 1. The average molecular weight is 353 g/mol. The summed E-state index contributed by atoms with van der Waals surface area (Å²) >= 11 is 0. The lowest BCUT2D eigenvalue weighted by Gasteiger charge is -2.18. The van der Waals surface area contributed by atoms with Crippen molar-refractivity contribution in [2.45, 2.75) is 0 Å². The number of carbonyl (C=O) groups is 1. The fraction of sp³-hybridized carbons (Fsp3) is 0.111. The van der Waals surface area contributed by atoms with Gasteiger partial charge in [-0.1, -0.05) is 18.2 Å². The molecule has 0 unspecified atom stereocenters. The molecule has 2 aromatic carbocycles. The molecular weight excluding hydrogens is 338 g/mol. The minimum Gasteiger partial charge on any atom is -0.486 e. The van der Waals surface area contributed by atoms with Crippen LogP contribution in [0.5, 0.6) is 11.5 Å². The Kier molecular flexibility index (Phi) is 5.23. The molecule has 3 rings (SSSR count). The molecule has 0 saturated carbocycles. The Bertz CT molecular complexity index is 892. The van der Waals surface area contributed by atoms with E-state index in [2.05, 4.69) is 10.5 Å². The zero-order chi connectivity index (χ0) is 18.4. The summed E-state index contributed by atoms with van der Waals surface area (Å²) in [6.45, 7) is 0.929. The number of nitro groups is 1. The number of hydrazone groups is 1. The van der Waals surface area contributed by atoms with Gasteiger partial charge in [-0.3, -0.25) is 14.9 Å². The van der Waals surface area contributed by atoms with Gasteiger partial charge in [0.25, 0.3) is 11.6 Å². The molecule has 2 aromatic rings. The Labute approximate surface area is 148 Å². The predicted molar refractivity (Wildman–Crippen MR) is 95.5 cm³/mol. The normalized spacial score (nSPS) is 13.1. The number of rotatable bonds is 5. The highest BCUT2D eigenvalue weighted by Crippen LogP contribution is 2.30. The quantitative estimate of drug-likeness (QED) is 0.506. The number of nitro benzene ring substituents is 1. The van der Waals surface area contributed by atoms with Crippen molar-refractivity contribution in [3.63, 3.8) is 0 Å². The van der Waals surface area contributed by atoms with Gasteiger partial charge in [0.05, 0.1) is 4.92 Å². The Hall–Kier alpha value is -3.68. The van der Waals surface area contributed by atoms with Gasteiger partial charge < -0.3 is 9.47 Å². The topological polar surface area (TPSA) is 103 Å². The summed E-state index contributed by atoms with van der Waals surface area (Å²) in [6.07, 6.45) is 4.60. The lowest BCUT2D eigenvalue weighted by molar-refractivity contribution is -0.384. The highest BCUT2D eigenvalue weighted by Gasteiger charge is 2.14. The maximum atomic E-state index is 12.1. The smallest absolute Gasteiger partial charge is 0.271 e. The summed E-state index contributed by atoms with van der Waals surface area (Å²) in [6, 6.07) is 11.1. The van der Waals surface area contributed by atoms with E-state index in [4.69, 9.17) is 9.47 Å². The number of carbonyl (C=O) groups excluding carboxylic acids is 1. The van der Waals surface area contributed by atoms with Crippen molar-refractivity contribution in [2.75, 3.05) is 13.2 Å². The van der Waals surface area contributed by atoms with Gasteiger partial charge in [0.2, 0.25) is 0 Å². The molecule has 0 aliphatic carbocycles. The van der Waals surface area contributed by atoms with E-state index in [0.29, 0.717) is 35.8 Å². The molecule has 132 valence electrons. The van der Waals surface area contributed by atoms with Crippen LogP contribution in [0.2, 0.25) is 0 Å². The minimum atomic E-state index is -0.459. The third kappa shape index (κ3) is 4.23. The molecule has 0 spiro atoms. The van der Waals surface area contributed by atoms with E-state index in [1.807, 2.05) is 0 Å². The minimum absolute atomic E-state index is 0.0102. The second-order valence-corrected chi connectivity index (χ2v) is 5.29. The monoisotopic (exact) mass is 353 g/mol. The lowest BCUT2D eigenvalue weighted by atomic mass is 10.2. The van der Waals surface area contributed by atoms with E-state index in [9.17, 15) is 14.9 Å². The van der Waals surface area contributed by atoms with E-state index in [1.165, 1.54) is 18.3 Å². The van der Waals surface area contributed by atoms with Crippen LogP contribution in [0, 0.1) is 10.1 Å². The molecule has 1 heterocycles. The molecule has 1 amide bonds. The number of hydrogen-bond donors (Lipinski definition) is 1. The van der Waals surface area contributed by atoms with Gasteiger partial charge in [-0.2, -0.15) is 5.10 Å². The molecule has 0 radical (unpaired) electrons. The second-order valence-electron chi connectivity index (χ2n) is 5.29. The highest BCUT2D eigenvalue weighted by molar-refractivity contribution is 5.95. The van der Waals surface area contributed by atoms with Gasteiger partial charge in [0.15, 0.2) is 11.5 Å². The molecule has 1 aliphatic heterocycles. The number of nitrogens with one attached hydrogen (secondary N) is 1. The third-order valence-electron chi connectivity index (χ3n) is 3.50. The second kappa shape index (κ2) is 7.93. The van der Waals surface area contributed by atoms with Crippen molar-refractivity contribution in [3.05, 3.63) is 69.8 Å². The number of fused-ring (bicyclic) bond motifs is 1. The zero-order valence-electron chi connectivity index (χ0n) is 13.6. The molecule has 26 heavy (non-hydrogen) atoms. The molecule has 0 bridgehead atoms. The predicted octanol–water partition coefficient (Wildman–Crippen LogP) is 2.80. The fourth-order valence-corrected chi connectivity index (χ4v) is 2.28. The summed E-state index contributed by atoms with van der Waals surface area (Å²) < 4.78 is 10.8. The van der Waals surface area contributed by atoms with Crippen molar-refractivity contribution < 1.29 is 19.2 Å². The Morgan fingerprint density at radius 1 is 1.15 bits per heavy atom. The molecule has 1 aliphatic rings. The van der Waals surface area contributed by atoms with E-state index in [1.54, 1.807) is 42.5 Å². The number of hydrogen-bond acceptors (Lipinski definition) is 6. The first kappa shape index (κ1) is 17.2. The van der Waals surface area contributed by atoms with Gasteiger partial charge in [0.1, 0.15) is 13.2 Å². The first-order chi connectivity index (χ1) is 12.6. The first-order valence-corrected chi connectivity index (χ1v) is 7.78. The SMILES string of the molecule is O=C(N/N=C\C=C\c1cccc([N+](=O)[O-])c1)c1ccc2c(c1)OCCO2. The van der Waals surface area contributed by atoms with Crippen LogP contribution in [-0.4, -0.2) is 30.3 Å². The summed E-state index contributed by atoms with van der Waals surface area (Å²) in [5.74, 6) is 0.747. The Morgan fingerprint density at radius 2 is 1.96 bits per heavy atom. The molecule has 0 aromatic heterocycles. The van der Waals surface area contributed by atoms with Crippen LogP contribution in [0.25, 0.3) is 6.08 Å². The standard InChI is InChI=1S/C18H15N3O5/c22-18(14-6-7-16-17(12-14)26-10-9-25-16)20-19-8-2-4-13-3-1-5-15(11-13)21(23)24/h1-8,11-12H,9-10H2,(H,20,22)/b4-2+,19-8-. The van der Waals surface area contributed by atoms with Gasteiger partial charge in [-0.05, 0) is 29.8 Å². The number of benzene rings is 2. The molecule has 1 N–H and O–H groups in total. The number of amides is 1. The number of allylic oxidation sites excluding steroid dienone is 1. The van der Waals surface area contributed by atoms with Crippen molar-refractivity contribution in [3.8, 4) is 11.5 Å². The highest BCUT2D eigenvalue weighted by atomic mass is 16.6. The van der Waals surface area contributed by atoms with Crippen molar-refractivity contribution in [2.24, 2.45) is 5.10 Å². The molecule has 0 fully saturated rings. The van der Waals surface area contributed by atoms with Crippen molar-refractivity contribution >= 4 is 23.9 Å². The molecule has 0 saturated heterocycles. The molecule has 8 nitrogen and oxygen atoms in total. The summed E-state index contributed by atoms with van der Waals surface area (Å²) in [5, 5.41) is 14.5. The van der Waals surface area contributed by atoms with Crippen LogP contribution in [0.4, 0.5) is 5.69 Å². The number of nitrogens with zero attached hydrogens (tertiary/aromatic N) is 2. The van der Waals surface area contributed by atoms with E-state index >= 15 is 0 Å². The Balaban J connectivity index is 1.57. The van der Waals surface area contributed by atoms with Gasteiger partial charge in [-0.15, -0.1) is 0 Å². The first-order valence-electron chi connectivity index (χ1n) is 7.78. The van der Waals surface area contributed by atoms with Crippen LogP contribution in [-0.2, 0) is 0 Å². The summed E-state index contributed by atoms with van der Waals surface area (Å²) in [4.78, 5) is 22.3. The summed E-state index contributed by atoms with van der Waals surface area (Å²) in [5.41, 5.74) is 3.46. The maximum absolute atomic E-state index is 12.1. The Morgan fingerprint density at radius 3 is 2.77 bits per heavy atom. The largest absolute Gasteiger partial charge is 0.486 e. The third-order valence-corrected chi connectivity index (χ3v) is 3.50. The van der Waals surface area contributed by atoms with Crippen molar-refractivity contribution in [1.29, 1.82) is 0 Å². The molecule has 8 heteroatoms. The maximum Gasteiger partial charge on any atom is 0.271 e. The van der Waals surface area contributed by atoms with E-state index < -0.39 is 4.92 Å².